The topological polar surface area (TPSA) is 84.0 Å². The summed E-state index contributed by atoms with van der Waals surface area (Å²) in [6.45, 7) is 8.51. The quantitative estimate of drug-likeness (QED) is 0.481. The summed E-state index contributed by atoms with van der Waals surface area (Å²) in [6, 6.07) is 8.93. The Labute approximate surface area is 178 Å². The highest BCUT2D eigenvalue weighted by Crippen LogP contribution is 2.22. The molecule has 1 aromatic carbocycles. The van der Waals surface area contributed by atoms with Gasteiger partial charge in [0.2, 0.25) is 11.8 Å². The highest BCUT2D eigenvalue weighted by Gasteiger charge is 2.38. The van der Waals surface area contributed by atoms with Crippen LogP contribution < -0.4 is 0 Å². The molecule has 1 saturated heterocycles. The van der Waals surface area contributed by atoms with Gasteiger partial charge < -0.3 is 14.5 Å². The van der Waals surface area contributed by atoms with Crippen molar-refractivity contribution in [2.75, 3.05) is 13.2 Å². The van der Waals surface area contributed by atoms with Crippen LogP contribution in [0.4, 0.5) is 0 Å². The van der Waals surface area contributed by atoms with Crippen LogP contribution in [0, 0.1) is 0 Å². The number of hydrogen-bond acceptors (Lipinski definition) is 5. The van der Waals surface area contributed by atoms with Crippen molar-refractivity contribution in [3.63, 3.8) is 0 Å². The van der Waals surface area contributed by atoms with Crippen LogP contribution in [0.1, 0.15) is 58.9 Å². The average molecular weight is 417 g/mol. The van der Waals surface area contributed by atoms with Crippen LogP contribution in [0.5, 0.6) is 0 Å². The van der Waals surface area contributed by atoms with Crippen molar-refractivity contribution in [2.45, 2.75) is 71.5 Å². The number of amides is 2. The summed E-state index contributed by atoms with van der Waals surface area (Å²) >= 11 is 0. The summed E-state index contributed by atoms with van der Waals surface area (Å²) in [5.74, 6) is -1.99. The molecule has 0 bridgehead atoms. The molecule has 7 heteroatoms. The number of carbonyl (C=O) groups excluding carboxylic acids is 4. The van der Waals surface area contributed by atoms with E-state index >= 15 is 0 Å². The summed E-state index contributed by atoms with van der Waals surface area (Å²) in [5.41, 5.74) is 0.623. The molecule has 0 radical (unpaired) electrons. The Morgan fingerprint density at radius 2 is 1.77 bits per heavy atom. The zero-order valence-electron chi connectivity index (χ0n) is 18.3. The van der Waals surface area contributed by atoms with E-state index in [1.807, 2.05) is 51.1 Å². The monoisotopic (exact) mass is 416 g/mol. The van der Waals surface area contributed by atoms with Crippen molar-refractivity contribution in [3.05, 3.63) is 35.9 Å². The van der Waals surface area contributed by atoms with Crippen molar-refractivity contribution < 1.29 is 23.9 Å². The first-order chi connectivity index (χ1) is 14.1. The molecule has 0 spiro atoms. The van der Waals surface area contributed by atoms with Gasteiger partial charge in [0.05, 0.1) is 6.61 Å². The Balaban J connectivity index is 1.99. The van der Waals surface area contributed by atoms with E-state index in [-0.39, 0.29) is 31.3 Å². The van der Waals surface area contributed by atoms with Gasteiger partial charge in [0.1, 0.15) is 6.04 Å². The SMILES string of the molecule is CCOC(=O)C(=O)[C@@H]1CCCN1C(=O)CCC(=O)N(Cc1ccccc1)C(C)(C)C. The van der Waals surface area contributed by atoms with Gasteiger partial charge in [-0.25, -0.2) is 4.79 Å². The standard InChI is InChI=1S/C23H32N2O5/c1-5-30-22(29)21(28)18-12-9-15-24(18)19(26)13-14-20(27)25(23(2,3)4)16-17-10-7-6-8-11-17/h6-8,10-11,18H,5,9,12-16H2,1-4H3/t18-/m0/s1. The normalized spacial score (nSPS) is 16.3. The lowest BCUT2D eigenvalue weighted by molar-refractivity contribution is -0.156. The van der Waals surface area contributed by atoms with Crippen molar-refractivity contribution in [1.82, 2.24) is 9.80 Å². The molecule has 2 amide bonds. The number of likely N-dealkylation sites (tertiary alicyclic amines) is 1. The van der Waals surface area contributed by atoms with Gasteiger partial charge in [-0.2, -0.15) is 0 Å². The maximum absolute atomic E-state index is 12.9. The highest BCUT2D eigenvalue weighted by molar-refractivity contribution is 6.36. The van der Waals surface area contributed by atoms with Crippen LogP contribution >= 0.6 is 0 Å². The number of hydrogen-bond donors (Lipinski definition) is 0. The summed E-state index contributed by atoms with van der Waals surface area (Å²) in [4.78, 5) is 52.9. The van der Waals surface area contributed by atoms with E-state index in [1.54, 1.807) is 11.8 Å². The van der Waals surface area contributed by atoms with Crippen molar-refractivity contribution in [1.29, 1.82) is 0 Å². The Bertz CT molecular complexity index is 770. The summed E-state index contributed by atoms with van der Waals surface area (Å²) in [6.07, 6.45) is 1.16. The first-order valence-corrected chi connectivity index (χ1v) is 10.5. The molecule has 1 aromatic rings. The molecule has 1 aliphatic heterocycles. The molecule has 0 aliphatic carbocycles. The van der Waals surface area contributed by atoms with Gasteiger partial charge in [-0.05, 0) is 46.1 Å². The first-order valence-electron chi connectivity index (χ1n) is 10.5. The Hall–Kier alpha value is -2.70. The molecular weight excluding hydrogens is 384 g/mol. The highest BCUT2D eigenvalue weighted by atomic mass is 16.5. The number of ketones is 1. The lowest BCUT2D eigenvalue weighted by Gasteiger charge is -2.36. The number of nitrogens with zero attached hydrogens (tertiary/aromatic N) is 2. The minimum absolute atomic E-state index is 0.00675. The van der Waals surface area contributed by atoms with Gasteiger partial charge >= 0.3 is 5.97 Å². The molecule has 1 fully saturated rings. The van der Waals surface area contributed by atoms with Gasteiger partial charge in [-0.3, -0.25) is 14.4 Å². The molecule has 2 rings (SSSR count). The minimum atomic E-state index is -0.903. The third-order valence-corrected chi connectivity index (χ3v) is 5.20. The van der Waals surface area contributed by atoms with Crippen LogP contribution in [0.25, 0.3) is 0 Å². The van der Waals surface area contributed by atoms with Crippen LogP contribution in [-0.2, 0) is 30.5 Å². The molecule has 0 saturated carbocycles. The molecule has 0 N–H and O–H groups in total. The predicted octanol–water partition coefficient (Wildman–Crippen LogP) is 2.72. The van der Waals surface area contributed by atoms with Crippen molar-refractivity contribution in [2.24, 2.45) is 0 Å². The van der Waals surface area contributed by atoms with Gasteiger partial charge in [0.15, 0.2) is 0 Å². The zero-order chi connectivity index (χ0) is 22.3. The third-order valence-electron chi connectivity index (χ3n) is 5.20. The van der Waals surface area contributed by atoms with E-state index in [4.69, 9.17) is 4.74 Å². The van der Waals surface area contributed by atoms with Gasteiger partial charge in [0, 0.05) is 31.5 Å². The molecule has 1 aliphatic rings. The van der Waals surface area contributed by atoms with Crippen LogP contribution in [0.3, 0.4) is 0 Å². The average Bonchev–Trinajstić information content (AvgIpc) is 3.19. The molecule has 1 atom stereocenters. The largest absolute Gasteiger partial charge is 0.460 e. The van der Waals surface area contributed by atoms with E-state index in [0.717, 1.165) is 5.56 Å². The van der Waals surface area contributed by atoms with Crippen molar-refractivity contribution >= 4 is 23.6 Å². The Morgan fingerprint density at radius 3 is 2.37 bits per heavy atom. The molecule has 164 valence electrons. The van der Waals surface area contributed by atoms with E-state index in [0.29, 0.717) is 25.9 Å². The number of esters is 1. The van der Waals surface area contributed by atoms with Crippen LogP contribution in [-0.4, -0.2) is 58.1 Å². The zero-order valence-corrected chi connectivity index (χ0v) is 18.3. The maximum Gasteiger partial charge on any atom is 0.376 e. The van der Waals surface area contributed by atoms with E-state index in [9.17, 15) is 19.2 Å². The lowest BCUT2D eigenvalue weighted by Crippen LogP contribution is -2.46. The molecule has 7 nitrogen and oxygen atoms in total. The maximum atomic E-state index is 12.9. The fourth-order valence-electron chi connectivity index (χ4n) is 3.63. The predicted molar refractivity (Wildman–Crippen MR) is 112 cm³/mol. The Morgan fingerprint density at radius 1 is 1.10 bits per heavy atom. The fraction of sp³-hybridized carbons (Fsp3) is 0.565. The molecular formula is C23H32N2O5. The third kappa shape index (κ3) is 6.15. The number of rotatable bonds is 8. The molecule has 30 heavy (non-hydrogen) atoms. The molecule has 0 aromatic heterocycles. The second-order valence-electron chi connectivity index (χ2n) is 8.47. The first kappa shape index (κ1) is 23.6. The van der Waals surface area contributed by atoms with Gasteiger partial charge in [-0.15, -0.1) is 0 Å². The van der Waals surface area contributed by atoms with E-state index in [2.05, 4.69) is 0 Å². The summed E-state index contributed by atoms with van der Waals surface area (Å²) in [5, 5.41) is 0. The van der Waals surface area contributed by atoms with Gasteiger partial charge in [-0.1, -0.05) is 30.3 Å². The number of benzene rings is 1. The number of ether oxygens (including phenoxy) is 1. The minimum Gasteiger partial charge on any atom is -0.460 e. The van der Waals surface area contributed by atoms with Crippen LogP contribution in [0.2, 0.25) is 0 Å². The van der Waals surface area contributed by atoms with Crippen LogP contribution in [0.15, 0.2) is 30.3 Å². The Kier molecular flexibility index (Phi) is 8.15. The van der Waals surface area contributed by atoms with Crippen molar-refractivity contribution in [3.8, 4) is 0 Å². The number of Topliss-reactive ketones (excluding diaryl/α,β-unsaturated/α-hetero) is 1. The second kappa shape index (κ2) is 10.4. The van der Waals surface area contributed by atoms with E-state index in [1.165, 1.54) is 4.90 Å². The van der Waals surface area contributed by atoms with Gasteiger partial charge in [0.25, 0.3) is 5.78 Å². The molecule has 0 unspecified atom stereocenters. The fourth-order valence-corrected chi connectivity index (χ4v) is 3.63. The van der Waals surface area contributed by atoms with E-state index < -0.39 is 23.3 Å². The summed E-state index contributed by atoms with van der Waals surface area (Å²) < 4.78 is 4.78. The number of carbonyl (C=O) groups is 4. The smallest absolute Gasteiger partial charge is 0.376 e. The second-order valence-corrected chi connectivity index (χ2v) is 8.47. The molecule has 1 heterocycles. The summed E-state index contributed by atoms with van der Waals surface area (Å²) in [7, 11) is 0. The lowest BCUT2D eigenvalue weighted by atomic mass is 10.0.